The third-order valence-electron chi connectivity index (χ3n) is 4.09. The number of hydrogen-bond acceptors (Lipinski definition) is 2. The minimum atomic E-state index is -0.164. The molecule has 1 fully saturated rings. The molecule has 0 spiro atoms. The molecular weight excluding hydrogens is 236 g/mol. The van der Waals surface area contributed by atoms with Crippen LogP contribution in [0.1, 0.15) is 29.6 Å². The van der Waals surface area contributed by atoms with Crippen molar-refractivity contribution < 1.29 is 4.79 Å². The van der Waals surface area contributed by atoms with Gasteiger partial charge in [-0.15, -0.1) is 0 Å². The van der Waals surface area contributed by atoms with E-state index >= 15 is 0 Å². The van der Waals surface area contributed by atoms with Crippen LogP contribution in [0.2, 0.25) is 0 Å². The zero-order valence-electron chi connectivity index (χ0n) is 10.9. The molecule has 1 aliphatic rings. The van der Waals surface area contributed by atoms with Crippen molar-refractivity contribution in [1.29, 1.82) is 0 Å². The Morgan fingerprint density at radius 2 is 1.89 bits per heavy atom. The summed E-state index contributed by atoms with van der Waals surface area (Å²) >= 11 is 0. The molecule has 2 aromatic rings. The number of amides is 1. The second-order valence-corrected chi connectivity index (χ2v) is 5.35. The van der Waals surface area contributed by atoms with Gasteiger partial charge in [0.2, 0.25) is 0 Å². The van der Waals surface area contributed by atoms with Gasteiger partial charge in [0.25, 0.3) is 5.91 Å². The average molecular weight is 254 g/mol. The van der Waals surface area contributed by atoms with Gasteiger partial charge >= 0.3 is 0 Å². The van der Waals surface area contributed by atoms with Crippen molar-refractivity contribution in [2.24, 2.45) is 5.73 Å². The van der Waals surface area contributed by atoms with E-state index in [2.05, 4.69) is 5.32 Å². The standard InChI is InChI=1S/C16H18N2O/c17-11-16(8-3-9-16)18-15(19)14-7-6-12-4-1-2-5-13(12)10-14/h1-2,4-7,10H,3,8-9,11,17H2,(H,18,19). The van der Waals surface area contributed by atoms with Crippen molar-refractivity contribution in [2.75, 3.05) is 6.54 Å². The Hall–Kier alpha value is -1.87. The van der Waals surface area contributed by atoms with Gasteiger partial charge < -0.3 is 11.1 Å². The van der Waals surface area contributed by atoms with Gasteiger partial charge in [0.1, 0.15) is 0 Å². The summed E-state index contributed by atoms with van der Waals surface area (Å²) in [7, 11) is 0. The molecule has 0 bridgehead atoms. The minimum Gasteiger partial charge on any atom is -0.345 e. The van der Waals surface area contributed by atoms with Crippen LogP contribution in [0.5, 0.6) is 0 Å². The van der Waals surface area contributed by atoms with Gasteiger partial charge in [-0.3, -0.25) is 4.79 Å². The van der Waals surface area contributed by atoms with Gasteiger partial charge in [0.05, 0.1) is 5.54 Å². The number of benzene rings is 2. The Balaban J connectivity index is 1.85. The molecule has 0 aliphatic heterocycles. The molecule has 3 nitrogen and oxygen atoms in total. The Morgan fingerprint density at radius 3 is 2.53 bits per heavy atom. The normalized spacial score (nSPS) is 16.9. The molecule has 1 amide bonds. The monoisotopic (exact) mass is 254 g/mol. The predicted octanol–water partition coefficient (Wildman–Crippen LogP) is 2.45. The largest absolute Gasteiger partial charge is 0.345 e. The number of hydrogen-bond donors (Lipinski definition) is 2. The van der Waals surface area contributed by atoms with Crippen LogP contribution in [0.3, 0.4) is 0 Å². The summed E-state index contributed by atoms with van der Waals surface area (Å²) in [6.07, 6.45) is 3.13. The van der Waals surface area contributed by atoms with E-state index in [1.165, 1.54) is 0 Å². The van der Waals surface area contributed by atoms with Gasteiger partial charge in [-0.05, 0) is 42.2 Å². The van der Waals surface area contributed by atoms with E-state index in [0.717, 1.165) is 30.0 Å². The third-order valence-corrected chi connectivity index (χ3v) is 4.09. The molecule has 0 unspecified atom stereocenters. The zero-order chi connectivity index (χ0) is 13.3. The molecule has 1 aliphatic carbocycles. The maximum Gasteiger partial charge on any atom is 0.251 e. The lowest BCUT2D eigenvalue weighted by Crippen LogP contribution is -2.58. The van der Waals surface area contributed by atoms with E-state index in [1.54, 1.807) is 0 Å². The maximum atomic E-state index is 12.3. The second kappa shape index (κ2) is 4.67. The van der Waals surface area contributed by atoms with E-state index in [4.69, 9.17) is 5.73 Å². The Bertz CT molecular complexity index is 611. The van der Waals surface area contributed by atoms with Gasteiger partial charge in [0, 0.05) is 12.1 Å². The van der Waals surface area contributed by atoms with Crippen LogP contribution in [-0.2, 0) is 0 Å². The molecule has 3 heteroatoms. The summed E-state index contributed by atoms with van der Waals surface area (Å²) in [5.74, 6) is -0.0177. The highest BCUT2D eigenvalue weighted by atomic mass is 16.1. The average Bonchev–Trinajstić information content (AvgIpc) is 2.42. The first-order valence-corrected chi connectivity index (χ1v) is 6.74. The van der Waals surface area contributed by atoms with Crippen LogP contribution in [0.15, 0.2) is 42.5 Å². The summed E-state index contributed by atoms with van der Waals surface area (Å²) < 4.78 is 0. The fourth-order valence-corrected chi connectivity index (χ4v) is 2.63. The smallest absolute Gasteiger partial charge is 0.251 e. The summed E-state index contributed by atoms with van der Waals surface area (Å²) in [5.41, 5.74) is 6.31. The molecular formula is C16H18N2O. The number of nitrogens with two attached hydrogens (primary N) is 1. The third kappa shape index (κ3) is 2.22. The molecule has 0 radical (unpaired) electrons. The number of carbonyl (C=O) groups is 1. The summed E-state index contributed by atoms with van der Waals surface area (Å²) in [4.78, 5) is 12.3. The van der Waals surface area contributed by atoms with Gasteiger partial charge in [0.15, 0.2) is 0 Å². The number of carbonyl (C=O) groups excluding carboxylic acids is 1. The topological polar surface area (TPSA) is 55.1 Å². The van der Waals surface area contributed by atoms with Crippen molar-refractivity contribution in [1.82, 2.24) is 5.32 Å². The van der Waals surface area contributed by atoms with E-state index in [0.29, 0.717) is 12.1 Å². The second-order valence-electron chi connectivity index (χ2n) is 5.35. The van der Waals surface area contributed by atoms with Crippen LogP contribution in [0.25, 0.3) is 10.8 Å². The van der Waals surface area contributed by atoms with Crippen LogP contribution in [0, 0.1) is 0 Å². The highest BCUT2D eigenvalue weighted by Crippen LogP contribution is 2.31. The molecule has 0 aromatic heterocycles. The quantitative estimate of drug-likeness (QED) is 0.884. The summed E-state index contributed by atoms with van der Waals surface area (Å²) in [5, 5.41) is 5.33. The van der Waals surface area contributed by atoms with Crippen LogP contribution in [-0.4, -0.2) is 18.0 Å². The SMILES string of the molecule is NCC1(NC(=O)c2ccc3ccccc3c2)CCC1. The van der Waals surface area contributed by atoms with E-state index in [-0.39, 0.29) is 11.4 Å². The number of rotatable bonds is 3. The van der Waals surface area contributed by atoms with Gasteiger partial charge in [-0.2, -0.15) is 0 Å². The van der Waals surface area contributed by atoms with Crippen molar-refractivity contribution in [3.05, 3.63) is 48.0 Å². The Labute approximate surface area is 112 Å². The molecule has 1 saturated carbocycles. The highest BCUT2D eigenvalue weighted by Gasteiger charge is 2.37. The van der Waals surface area contributed by atoms with E-state index in [1.807, 2.05) is 42.5 Å². The molecule has 0 saturated heterocycles. The van der Waals surface area contributed by atoms with Crippen LogP contribution >= 0.6 is 0 Å². The number of nitrogens with one attached hydrogen (secondary N) is 1. The predicted molar refractivity (Wildman–Crippen MR) is 77.1 cm³/mol. The highest BCUT2D eigenvalue weighted by molar-refractivity contribution is 5.99. The molecule has 0 atom stereocenters. The first kappa shape index (κ1) is 12.2. The lowest BCUT2D eigenvalue weighted by molar-refractivity contribution is 0.0837. The van der Waals surface area contributed by atoms with Crippen molar-refractivity contribution in [2.45, 2.75) is 24.8 Å². The Morgan fingerprint density at radius 1 is 1.16 bits per heavy atom. The van der Waals surface area contributed by atoms with E-state index in [9.17, 15) is 4.79 Å². The first-order chi connectivity index (χ1) is 9.22. The van der Waals surface area contributed by atoms with Crippen LogP contribution in [0.4, 0.5) is 0 Å². The van der Waals surface area contributed by atoms with E-state index < -0.39 is 0 Å². The molecule has 0 heterocycles. The molecule has 3 N–H and O–H groups in total. The van der Waals surface area contributed by atoms with Crippen molar-refractivity contribution >= 4 is 16.7 Å². The fourth-order valence-electron chi connectivity index (χ4n) is 2.63. The number of fused-ring (bicyclic) bond motifs is 1. The first-order valence-electron chi connectivity index (χ1n) is 6.74. The van der Waals surface area contributed by atoms with Crippen LogP contribution < -0.4 is 11.1 Å². The zero-order valence-corrected chi connectivity index (χ0v) is 10.9. The maximum absolute atomic E-state index is 12.3. The lowest BCUT2D eigenvalue weighted by Gasteiger charge is -2.41. The summed E-state index contributed by atoms with van der Waals surface area (Å²) in [6.45, 7) is 0.520. The van der Waals surface area contributed by atoms with Crippen molar-refractivity contribution in [3.8, 4) is 0 Å². The lowest BCUT2D eigenvalue weighted by atomic mass is 9.76. The molecule has 3 rings (SSSR count). The summed E-state index contributed by atoms with van der Waals surface area (Å²) in [6, 6.07) is 13.9. The molecule has 98 valence electrons. The molecule has 19 heavy (non-hydrogen) atoms. The Kier molecular flexibility index (Phi) is 2.99. The molecule has 2 aromatic carbocycles. The van der Waals surface area contributed by atoms with Gasteiger partial charge in [-0.1, -0.05) is 30.3 Å². The fraction of sp³-hybridized carbons (Fsp3) is 0.312. The minimum absolute atomic E-state index is 0.0177. The van der Waals surface area contributed by atoms with Gasteiger partial charge in [-0.25, -0.2) is 0 Å². The van der Waals surface area contributed by atoms with Crippen molar-refractivity contribution in [3.63, 3.8) is 0 Å².